The molecule has 144 valence electrons. The van der Waals surface area contributed by atoms with E-state index in [1.54, 1.807) is 24.3 Å². The molecular formula is C19H15F2N3O4. The second-order valence-electron chi connectivity index (χ2n) is 5.98. The molecule has 0 fully saturated rings. The van der Waals surface area contributed by atoms with Crippen molar-refractivity contribution in [2.24, 2.45) is 7.05 Å². The minimum atomic E-state index is -1.30. The number of anilines is 1. The Morgan fingerprint density at radius 3 is 2.50 bits per heavy atom. The first-order chi connectivity index (χ1) is 13.3. The largest absolute Gasteiger partial charge is 0.448 e. The van der Waals surface area contributed by atoms with Crippen LogP contribution < -0.4 is 10.9 Å². The summed E-state index contributed by atoms with van der Waals surface area (Å²) < 4.78 is 32.7. The van der Waals surface area contributed by atoms with Gasteiger partial charge in [0, 0.05) is 18.5 Å². The number of aromatic nitrogens is 2. The molecule has 1 atom stereocenters. The zero-order valence-corrected chi connectivity index (χ0v) is 14.9. The van der Waals surface area contributed by atoms with E-state index in [1.807, 2.05) is 0 Å². The first-order valence-corrected chi connectivity index (χ1v) is 8.21. The van der Waals surface area contributed by atoms with Crippen LogP contribution in [-0.4, -0.2) is 27.8 Å². The average Bonchev–Trinajstić information content (AvgIpc) is 2.66. The molecular weight excluding hydrogens is 372 g/mol. The number of hydrogen-bond donors (Lipinski definition) is 1. The maximum absolute atomic E-state index is 13.7. The molecule has 9 heteroatoms. The van der Waals surface area contributed by atoms with Crippen molar-refractivity contribution in [1.29, 1.82) is 0 Å². The third-order valence-corrected chi connectivity index (χ3v) is 3.99. The highest BCUT2D eigenvalue weighted by Gasteiger charge is 2.23. The van der Waals surface area contributed by atoms with Crippen LogP contribution in [0.5, 0.6) is 0 Å². The van der Waals surface area contributed by atoms with Crippen molar-refractivity contribution in [3.8, 4) is 0 Å². The van der Waals surface area contributed by atoms with E-state index < -0.39 is 29.6 Å². The summed E-state index contributed by atoms with van der Waals surface area (Å²) in [6.45, 7) is 1.29. The van der Waals surface area contributed by atoms with Gasteiger partial charge in [0.2, 0.25) is 0 Å². The fourth-order valence-corrected chi connectivity index (χ4v) is 2.55. The molecule has 0 aliphatic rings. The fraction of sp³-hybridized carbons (Fsp3) is 0.158. The van der Waals surface area contributed by atoms with Gasteiger partial charge in [0.1, 0.15) is 11.6 Å². The van der Waals surface area contributed by atoms with Crippen LogP contribution >= 0.6 is 0 Å². The van der Waals surface area contributed by atoms with E-state index in [-0.39, 0.29) is 27.7 Å². The zero-order valence-electron chi connectivity index (χ0n) is 14.9. The first kappa shape index (κ1) is 19.2. The van der Waals surface area contributed by atoms with E-state index in [2.05, 4.69) is 10.4 Å². The van der Waals surface area contributed by atoms with Gasteiger partial charge < -0.3 is 10.1 Å². The summed E-state index contributed by atoms with van der Waals surface area (Å²) in [5, 5.41) is 6.70. The molecule has 1 amide bonds. The van der Waals surface area contributed by atoms with Crippen LogP contribution in [0.4, 0.5) is 14.5 Å². The maximum atomic E-state index is 13.7. The summed E-state index contributed by atoms with van der Waals surface area (Å²) >= 11 is 0. The van der Waals surface area contributed by atoms with Crippen LogP contribution in [0.15, 0.2) is 47.3 Å². The zero-order chi connectivity index (χ0) is 20.4. The van der Waals surface area contributed by atoms with Gasteiger partial charge in [-0.15, -0.1) is 0 Å². The summed E-state index contributed by atoms with van der Waals surface area (Å²) in [5.74, 6) is -3.48. The molecule has 0 unspecified atom stereocenters. The van der Waals surface area contributed by atoms with E-state index in [9.17, 15) is 23.2 Å². The second-order valence-corrected chi connectivity index (χ2v) is 5.98. The summed E-state index contributed by atoms with van der Waals surface area (Å²) in [7, 11) is 1.39. The number of carbonyl (C=O) groups excluding carboxylic acids is 2. The van der Waals surface area contributed by atoms with Crippen molar-refractivity contribution < 1.29 is 23.1 Å². The Hall–Kier alpha value is -3.62. The molecule has 28 heavy (non-hydrogen) atoms. The SMILES string of the molecule is C[C@H](OC(=O)c1nn(C)c(=O)c2ccccc12)C(=O)Nc1ccc(F)cc1F. The van der Waals surface area contributed by atoms with Crippen LogP contribution in [-0.2, 0) is 16.6 Å². The summed E-state index contributed by atoms with van der Waals surface area (Å²) in [6, 6.07) is 9.02. The van der Waals surface area contributed by atoms with E-state index in [1.165, 1.54) is 14.0 Å². The predicted octanol–water partition coefficient (Wildman–Crippen LogP) is 2.40. The van der Waals surface area contributed by atoms with Gasteiger partial charge in [0.25, 0.3) is 11.5 Å². The van der Waals surface area contributed by atoms with Crippen molar-refractivity contribution >= 4 is 28.3 Å². The number of hydrogen-bond acceptors (Lipinski definition) is 5. The summed E-state index contributed by atoms with van der Waals surface area (Å²) in [4.78, 5) is 36.8. The second kappa shape index (κ2) is 7.55. The van der Waals surface area contributed by atoms with Crippen LogP contribution in [0.1, 0.15) is 17.4 Å². The van der Waals surface area contributed by atoms with Gasteiger partial charge >= 0.3 is 5.97 Å². The number of rotatable bonds is 4. The highest BCUT2D eigenvalue weighted by Crippen LogP contribution is 2.17. The van der Waals surface area contributed by atoms with Crippen LogP contribution in [0, 0.1) is 11.6 Å². The van der Waals surface area contributed by atoms with E-state index >= 15 is 0 Å². The van der Waals surface area contributed by atoms with Crippen molar-refractivity contribution in [3.05, 3.63) is 70.1 Å². The average molecular weight is 387 g/mol. The molecule has 1 heterocycles. The molecule has 1 aromatic heterocycles. The third-order valence-electron chi connectivity index (χ3n) is 3.99. The van der Waals surface area contributed by atoms with Crippen molar-refractivity contribution in [2.75, 3.05) is 5.32 Å². The van der Waals surface area contributed by atoms with Crippen molar-refractivity contribution in [1.82, 2.24) is 9.78 Å². The molecule has 0 aliphatic heterocycles. The van der Waals surface area contributed by atoms with Crippen LogP contribution in [0.2, 0.25) is 0 Å². The molecule has 0 spiro atoms. The highest BCUT2D eigenvalue weighted by atomic mass is 19.1. The van der Waals surface area contributed by atoms with Gasteiger partial charge in [0.15, 0.2) is 11.8 Å². The van der Waals surface area contributed by atoms with Gasteiger partial charge in [-0.1, -0.05) is 18.2 Å². The van der Waals surface area contributed by atoms with Gasteiger partial charge in [-0.25, -0.2) is 18.3 Å². The van der Waals surface area contributed by atoms with Gasteiger partial charge in [-0.2, -0.15) is 5.10 Å². The first-order valence-electron chi connectivity index (χ1n) is 8.21. The highest BCUT2D eigenvalue weighted by molar-refractivity contribution is 6.03. The van der Waals surface area contributed by atoms with Crippen molar-refractivity contribution in [2.45, 2.75) is 13.0 Å². The molecule has 2 aromatic carbocycles. The monoisotopic (exact) mass is 387 g/mol. The lowest BCUT2D eigenvalue weighted by molar-refractivity contribution is -0.123. The third kappa shape index (κ3) is 3.73. The standard InChI is InChI=1S/C19H15F2N3O4/c1-10(17(25)22-15-8-7-11(20)9-14(15)21)28-19(27)16-12-5-3-4-6-13(12)18(26)24(2)23-16/h3-10H,1-2H3,(H,22,25)/t10-/m0/s1. The molecule has 3 aromatic rings. The Morgan fingerprint density at radius 2 is 1.82 bits per heavy atom. The molecule has 0 aliphatic carbocycles. The maximum Gasteiger partial charge on any atom is 0.360 e. The smallest absolute Gasteiger partial charge is 0.360 e. The Morgan fingerprint density at radius 1 is 1.14 bits per heavy atom. The number of amides is 1. The fourth-order valence-electron chi connectivity index (χ4n) is 2.55. The molecule has 7 nitrogen and oxygen atoms in total. The number of fused-ring (bicyclic) bond motifs is 1. The Bertz CT molecular complexity index is 1140. The lowest BCUT2D eigenvalue weighted by atomic mass is 10.1. The Labute approximate surface area is 157 Å². The van der Waals surface area contributed by atoms with Gasteiger partial charge in [-0.05, 0) is 25.1 Å². The lowest BCUT2D eigenvalue weighted by Gasteiger charge is -2.14. The van der Waals surface area contributed by atoms with E-state index in [4.69, 9.17) is 4.74 Å². The predicted molar refractivity (Wildman–Crippen MR) is 96.8 cm³/mol. The normalized spacial score (nSPS) is 11.9. The number of carbonyl (C=O) groups is 2. The Balaban J connectivity index is 1.81. The quantitative estimate of drug-likeness (QED) is 0.695. The minimum absolute atomic E-state index is 0.134. The lowest BCUT2D eigenvalue weighted by Crippen LogP contribution is -2.31. The molecule has 3 rings (SSSR count). The van der Waals surface area contributed by atoms with Crippen molar-refractivity contribution in [3.63, 3.8) is 0 Å². The molecule has 1 N–H and O–H groups in total. The summed E-state index contributed by atoms with van der Waals surface area (Å²) in [5.41, 5.74) is -0.768. The van der Waals surface area contributed by atoms with E-state index in [0.717, 1.165) is 16.8 Å². The molecule has 0 saturated carbocycles. The molecule has 0 bridgehead atoms. The number of nitrogens with zero attached hydrogens (tertiary/aromatic N) is 2. The van der Waals surface area contributed by atoms with Gasteiger partial charge in [-0.3, -0.25) is 9.59 Å². The van der Waals surface area contributed by atoms with Crippen LogP contribution in [0.3, 0.4) is 0 Å². The molecule has 0 radical (unpaired) electrons. The minimum Gasteiger partial charge on any atom is -0.448 e. The number of halogens is 2. The van der Waals surface area contributed by atoms with Gasteiger partial charge in [0.05, 0.1) is 11.1 Å². The number of esters is 1. The van der Waals surface area contributed by atoms with E-state index in [0.29, 0.717) is 6.07 Å². The number of aryl methyl sites for hydroxylation is 1. The molecule has 0 saturated heterocycles. The number of ether oxygens (including phenoxy) is 1. The van der Waals surface area contributed by atoms with Crippen LogP contribution in [0.25, 0.3) is 10.8 Å². The topological polar surface area (TPSA) is 90.3 Å². The number of benzene rings is 2. The Kier molecular flexibility index (Phi) is 5.16. The summed E-state index contributed by atoms with van der Waals surface area (Å²) in [6.07, 6.45) is -1.30. The number of nitrogens with one attached hydrogen (secondary N) is 1.